The Morgan fingerprint density at radius 2 is 2.19 bits per heavy atom. The first-order chi connectivity index (χ1) is 7.72. The van der Waals surface area contributed by atoms with Crippen LogP contribution in [0.5, 0.6) is 5.75 Å². The molecule has 1 unspecified atom stereocenters. The van der Waals surface area contributed by atoms with Crippen molar-refractivity contribution in [3.63, 3.8) is 0 Å². The molecule has 2 heteroatoms. The van der Waals surface area contributed by atoms with Crippen molar-refractivity contribution in [2.75, 3.05) is 7.11 Å². The first-order valence-corrected chi connectivity index (χ1v) is 5.70. The maximum atomic E-state index is 5.50. The summed E-state index contributed by atoms with van der Waals surface area (Å²) < 4.78 is 10.9. The van der Waals surface area contributed by atoms with Gasteiger partial charge in [-0.2, -0.15) is 0 Å². The summed E-state index contributed by atoms with van der Waals surface area (Å²) in [5.41, 5.74) is 2.43. The normalized spacial score (nSPS) is 18.9. The highest BCUT2D eigenvalue weighted by atomic mass is 16.5. The van der Waals surface area contributed by atoms with Crippen molar-refractivity contribution in [1.82, 2.24) is 0 Å². The molecule has 86 valence electrons. The summed E-state index contributed by atoms with van der Waals surface area (Å²) in [6.07, 6.45) is 4.93. The molecule has 0 radical (unpaired) electrons. The highest BCUT2D eigenvalue weighted by Crippen LogP contribution is 2.33. The zero-order valence-electron chi connectivity index (χ0n) is 10.1. The Morgan fingerprint density at radius 1 is 1.38 bits per heavy atom. The molecule has 1 aromatic rings. The molecule has 0 saturated carbocycles. The molecule has 0 bridgehead atoms. The summed E-state index contributed by atoms with van der Waals surface area (Å²) in [5, 5.41) is 0. The van der Waals surface area contributed by atoms with Gasteiger partial charge in [-0.15, -0.1) is 0 Å². The van der Waals surface area contributed by atoms with Gasteiger partial charge < -0.3 is 9.47 Å². The van der Waals surface area contributed by atoms with Crippen LogP contribution in [0, 0.1) is 0 Å². The fourth-order valence-corrected chi connectivity index (χ4v) is 2.00. The SMILES string of the molecule is COc1cc(C2CC=CO2)ccc1C(C)C. The average Bonchev–Trinajstić information content (AvgIpc) is 2.81. The number of methoxy groups -OCH3 is 1. The van der Waals surface area contributed by atoms with Crippen LogP contribution in [0.2, 0.25) is 0 Å². The van der Waals surface area contributed by atoms with E-state index in [1.165, 1.54) is 11.1 Å². The number of hydrogen-bond donors (Lipinski definition) is 0. The molecule has 16 heavy (non-hydrogen) atoms. The van der Waals surface area contributed by atoms with Crippen LogP contribution in [-0.2, 0) is 4.74 Å². The van der Waals surface area contributed by atoms with E-state index in [-0.39, 0.29) is 6.10 Å². The summed E-state index contributed by atoms with van der Waals surface area (Å²) in [6.45, 7) is 4.34. The first kappa shape index (κ1) is 11.1. The van der Waals surface area contributed by atoms with Crippen molar-refractivity contribution >= 4 is 0 Å². The van der Waals surface area contributed by atoms with Crippen LogP contribution >= 0.6 is 0 Å². The highest BCUT2D eigenvalue weighted by Gasteiger charge is 2.16. The van der Waals surface area contributed by atoms with Crippen molar-refractivity contribution in [3.05, 3.63) is 41.7 Å². The molecule has 0 spiro atoms. The van der Waals surface area contributed by atoms with E-state index in [4.69, 9.17) is 9.47 Å². The Kier molecular flexibility index (Phi) is 3.18. The van der Waals surface area contributed by atoms with E-state index in [9.17, 15) is 0 Å². The van der Waals surface area contributed by atoms with Crippen molar-refractivity contribution < 1.29 is 9.47 Å². The highest BCUT2D eigenvalue weighted by molar-refractivity contribution is 5.40. The van der Waals surface area contributed by atoms with Gasteiger partial charge >= 0.3 is 0 Å². The van der Waals surface area contributed by atoms with Gasteiger partial charge in [-0.25, -0.2) is 0 Å². The van der Waals surface area contributed by atoms with Crippen LogP contribution in [-0.4, -0.2) is 7.11 Å². The lowest BCUT2D eigenvalue weighted by Gasteiger charge is -2.16. The monoisotopic (exact) mass is 218 g/mol. The van der Waals surface area contributed by atoms with Gasteiger partial charge in [0.15, 0.2) is 0 Å². The van der Waals surface area contributed by atoms with Crippen molar-refractivity contribution in [3.8, 4) is 5.75 Å². The molecule has 1 aliphatic rings. The summed E-state index contributed by atoms with van der Waals surface area (Å²) in [4.78, 5) is 0. The molecule has 2 nitrogen and oxygen atoms in total. The molecule has 1 heterocycles. The van der Waals surface area contributed by atoms with Gasteiger partial charge in [0.25, 0.3) is 0 Å². The minimum atomic E-state index is 0.162. The summed E-state index contributed by atoms with van der Waals surface area (Å²) >= 11 is 0. The number of ether oxygens (including phenoxy) is 2. The molecule has 0 amide bonds. The smallest absolute Gasteiger partial charge is 0.126 e. The van der Waals surface area contributed by atoms with Crippen molar-refractivity contribution in [2.24, 2.45) is 0 Å². The topological polar surface area (TPSA) is 18.5 Å². The largest absolute Gasteiger partial charge is 0.496 e. The second-order valence-electron chi connectivity index (χ2n) is 4.39. The van der Waals surface area contributed by atoms with E-state index in [1.807, 2.05) is 6.08 Å². The van der Waals surface area contributed by atoms with Gasteiger partial charge in [-0.3, -0.25) is 0 Å². The minimum Gasteiger partial charge on any atom is -0.496 e. The lowest BCUT2D eigenvalue weighted by atomic mass is 9.98. The van der Waals surface area contributed by atoms with Crippen LogP contribution in [0.4, 0.5) is 0 Å². The van der Waals surface area contributed by atoms with E-state index < -0.39 is 0 Å². The Hall–Kier alpha value is -1.44. The second kappa shape index (κ2) is 4.60. The third-order valence-corrected chi connectivity index (χ3v) is 2.94. The Balaban J connectivity index is 2.29. The molecule has 1 aromatic carbocycles. The lowest BCUT2D eigenvalue weighted by molar-refractivity contribution is 0.173. The Morgan fingerprint density at radius 3 is 2.75 bits per heavy atom. The van der Waals surface area contributed by atoms with Gasteiger partial charge in [-0.05, 0) is 29.2 Å². The fraction of sp³-hybridized carbons (Fsp3) is 0.429. The third-order valence-electron chi connectivity index (χ3n) is 2.94. The number of rotatable bonds is 3. The molecule has 2 rings (SSSR count). The van der Waals surface area contributed by atoms with Gasteiger partial charge in [0, 0.05) is 6.42 Å². The Bertz CT molecular complexity index is 386. The fourth-order valence-electron chi connectivity index (χ4n) is 2.00. The van der Waals surface area contributed by atoms with Gasteiger partial charge in [0.2, 0.25) is 0 Å². The van der Waals surface area contributed by atoms with Gasteiger partial charge in [0.05, 0.1) is 13.4 Å². The molecule has 0 aromatic heterocycles. The maximum absolute atomic E-state index is 5.50. The number of benzene rings is 1. The summed E-state index contributed by atoms with van der Waals surface area (Å²) in [6, 6.07) is 6.36. The third kappa shape index (κ3) is 2.06. The standard InChI is InChI=1S/C14H18O2/c1-10(2)12-7-6-11(9-14(12)15-3)13-5-4-8-16-13/h4,6-10,13H,5H2,1-3H3. The molecule has 0 aliphatic carbocycles. The van der Waals surface area contributed by atoms with Crippen LogP contribution in [0.3, 0.4) is 0 Å². The minimum absolute atomic E-state index is 0.162. The van der Waals surface area contributed by atoms with E-state index in [0.717, 1.165) is 12.2 Å². The second-order valence-corrected chi connectivity index (χ2v) is 4.39. The zero-order chi connectivity index (χ0) is 11.5. The predicted octanol–water partition coefficient (Wildman–Crippen LogP) is 3.79. The van der Waals surface area contributed by atoms with Crippen molar-refractivity contribution in [2.45, 2.75) is 32.3 Å². The molecule has 0 saturated heterocycles. The molecular formula is C14H18O2. The Labute approximate surface area is 96.9 Å². The molecule has 1 aliphatic heterocycles. The van der Waals surface area contributed by atoms with Crippen LogP contribution in [0.15, 0.2) is 30.5 Å². The van der Waals surface area contributed by atoms with Crippen LogP contribution in [0.25, 0.3) is 0 Å². The number of hydrogen-bond acceptors (Lipinski definition) is 2. The van der Waals surface area contributed by atoms with E-state index >= 15 is 0 Å². The molecule has 0 N–H and O–H groups in total. The molecular weight excluding hydrogens is 200 g/mol. The molecule has 1 atom stereocenters. The van der Waals surface area contributed by atoms with Crippen LogP contribution < -0.4 is 4.74 Å². The predicted molar refractivity (Wildman–Crippen MR) is 64.7 cm³/mol. The molecule has 0 fully saturated rings. The maximum Gasteiger partial charge on any atom is 0.126 e. The van der Waals surface area contributed by atoms with Gasteiger partial charge in [0.1, 0.15) is 11.9 Å². The van der Waals surface area contributed by atoms with Gasteiger partial charge in [-0.1, -0.05) is 26.0 Å². The average molecular weight is 218 g/mol. The zero-order valence-corrected chi connectivity index (χ0v) is 10.1. The van der Waals surface area contributed by atoms with E-state index in [0.29, 0.717) is 5.92 Å². The lowest BCUT2D eigenvalue weighted by Crippen LogP contribution is -1.99. The van der Waals surface area contributed by atoms with E-state index in [1.54, 1.807) is 13.4 Å². The summed E-state index contributed by atoms with van der Waals surface area (Å²) in [7, 11) is 1.72. The quantitative estimate of drug-likeness (QED) is 0.768. The van der Waals surface area contributed by atoms with Crippen LogP contribution in [0.1, 0.15) is 43.4 Å². The first-order valence-electron chi connectivity index (χ1n) is 5.70. The van der Waals surface area contributed by atoms with E-state index in [2.05, 4.69) is 32.0 Å². The summed E-state index contributed by atoms with van der Waals surface area (Å²) in [5.74, 6) is 1.44. The van der Waals surface area contributed by atoms with Crippen molar-refractivity contribution in [1.29, 1.82) is 0 Å².